The maximum atomic E-state index is 10.8. The number of hydroxylamine groups is 2. The summed E-state index contributed by atoms with van der Waals surface area (Å²) in [6.07, 6.45) is 0. The van der Waals surface area contributed by atoms with Gasteiger partial charge in [0.05, 0.1) is 12.7 Å². The highest BCUT2D eigenvalue weighted by Gasteiger charge is 2.10. The maximum absolute atomic E-state index is 10.8. The lowest BCUT2D eigenvalue weighted by Crippen LogP contribution is -2.39. The van der Waals surface area contributed by atoms with Gasteiger partial charge in [-0.15, -0.1) is 0 Å². The molecule has 1 N–H and O–H groups in total. The Morgan fingerprint density at radius 2 is 1.82 bits per heavy atom. The van der Waals surface area contributed by atoms with Crippen LogP contribution in [0.5, 0.6) is 5.75 Å². The summed E-state index contributed by atoms with van der Waals surface area (Å²) in [5.74, 6) is -0.248. The molecule has 0 fully saturated rings. The van der Waals surface area contributed by atoms with Crippen molar-refractivity contribution in [2.75, 3.05) is 40.4 Å². The fourth-order valence-corrected chi connectivity index (χ4v) is 1.96. The number of benzene rings is 1. The molecule has 0 atom stereocenters. The summed E-state index contributed by atoms with van der Waals surface area (Å²) < 4.78 is 5.68. The first-order valence-electron chi connectivity index (χ1n) is 7.39. The van der Waals surface area contributed by atoms with Gasteiger partial charge in [-0.25, -0.2) is 4.79 Å². The molecule has 0 amide bonds. The van der Waals surface area contributed by atoms with Crippen LogP contribution in [0.1, 0.15) is 24.2 Å². The molecule has 0 aliphatic rings. The molecule has 6 nitrogen and oxygen atoms in total. The Kier molecular flexibility index (Phi) is 7.87. The minimum Gasteiger partial charge on any atom is -0.492 e. The molecule has 0 spiro atoms. The SMILES string of the molecule is CON(C)CCN(CCOc1ccc(C(=O)O)cc1)C(C)C. The van der Waals surface area contributed by atoms with Gasteiger partial charge in [-0.05, 0) is 38.1 Å². The monoisotopic (exact) mass is 310 g/mol. The van der Waals surface area contributed by atoms with E-state index in [1.54, 1.807) is 36.4 Å². The predicted octanol–water partition coefficient (Wildman–Crippen LogP) is 1.97. The van der Waals surface area contributed by atoms with E-state index in [9.17, 15) is 4.79 Å². The number of nitrogens with zero attached hydrogens (tertiary/aromatic N) is 2. The number of carbonyl (C=O) groups is 1. The number of hydrogen-bond donors (Lipinski definition) is 1. The number of rotatable bonds is 10. The van der Waals surface area contributed by atoms with Crippen molar-refractivity contribution in [3.8, 4) is 5.75 Å². The van der Waals surface area contributed by atoms with Crippen molar-refractivity contribution in [2.45, 2.75) is 19.9 Å². The molecule has 22 heavy (non-hydrogen) atoms. The second-order valence-corrected chi connectivity index (χ2v) is 5.34. The van der Waals surface area contributed by atoms with Crippen LogP contribution in [0.3, 0.4) is 0 Å². The quantitative estimate of drug-likeness (QED) is 0.667. The van der Waals surface area contributed by atoms with Crippen molar-refractivity contribution >= 4 is 5.97 Å². The lowest BCUT2D eigenvalue weighted by atomic mass is 10.2. The molecule has 124 valence electrons. The van der Waals surface area contributed by atoms with E-state index >= 15 is 0 Å². The molecule has 0 bridgehead atoms. The fraction of sp³-hybridized carbons (Fsp3) is 0.562. The van der Waals surface area contributed by atoms with E-state index in [0.717, 1.165) is 19.6 Å². The second kappa shape index (κ2) is 9.40. The van der Waals surface area contributed by atoms with Gasteiger partial charge < -0.3 is 14.7 Å². The van der Waals surface area contributed by atoms with Crippen LogP contribution in [0.4, 0.5) is 0 Å². The van der Waals surface area contributed by atoms with Gasteiger partial charge in [-0.1, -0.05) is 0 Å². The number of carboxylic acids is 1. The highest BCUT2D eigenvalue weighted by Crippen LogP contribution is 2.12. The third-order valence-corrected chi connectivity index (χ3v) is 3.49. The highest BCUT2D eigenvalue weighted by atomic mass is 16.7. The Morgan fingerprint density at radius 3 is 2.32 bits per heavy atom. The van der Waals surface area contributed by atoms with E-state index in [-0.39, 0.29) is 5.56 Å². The summed E-state index contributed by atoms with van der Waals surface area (Å²) >= 11 is 0. The van der Waals surface area contributed by atoms with Crippen molar-refractivity contribution in [1.82, 2.24) is 9.96 Å². The highest BCUT2D eigenvalue weighted by molar-refractivity contribution is 5.87. The summed E-state index contributed by atoms with van der Waals surface area (Å²) in [4.78, 5) is 18.2. The molecule has 1 aromatic carbocycles. The topological polar surface area (TPSA) is 62.2 Å². The van der Waals surface area contributed by atoms with Crippen LogP contribution in [0.15, 0.2) is 24.3 Å². The Hall–Kier alpha value is -1.63. The van der Waals surface area contributed by atoms with Crippen LogP contribution in [-0.4, -0.2) is 67.5 Å². The van der Waals surface area contributed by atoms with Crippen LogP contribution in [-0.2, 0) is 4.84 Å². The lowest BCUT2D eigenvalue weighted by molar-refractivity contribution is -0.113. The largest absolute Gasteiger partial charge is 0.492 e. The third-order valence-electron chi connectivity index (χ3n) is 3.49. The summed E-state index contributed by atoms with van der Waals surface area (Å²) in [6, 6.07) is 6.88. The number of carboxylic acid groups (broad SMARTS) is 1. The van der Waals surface area contributed by atoms with E-state index in [1.807, 2.05) is 7.05 Å². The molecule has 6 heteroatoms. The minimum atomic E-state index is -0.931. The Labute approximate surface area is 132 Å². The van der Waals surface area contributed by atoms with Gasteiger partial charge in [0, 0.05) is 32.7 Å². The smallest absolute Gasteiger partial charge is 0.335 e. The molecular weight excluding hydrogens is 284 g/mol. The van der Waals surface area contributed by atoms with Crippen molar-refractivity contribution in [2.24, 2.45) is 0 Å². The lowest BCUT2D eigenvalue weighted by Gasteiger charge is -2.28. The molecule has 0 saturated heterocycles. The van der Waals surface area contributed by atoms with E-state index in [4.69, 9.17) is 14.7 Å². The van der Waals surface area contributed by atoms with E-state index in [2.05, 4.69) is 18.7 Å². The zero-order chi connectivity index (χ0) is 16.5. The van der Waals surface area contributed by atoms with E-state index < -0.39 is 5.97 Å². The van der Waals surface area contributed by atoms with Crippen LogP contribution < -0.4 is 4.74 Å². The number of likely N-dealkylation sites (N-methyl/N-ethyl adjacent to an activating group) is 1. The molecule has 0 unspecified atom stereocenters. The molecule has 0 aliphatic heterocycles. The van der Waals surface area contributed by atoms with Crippen molar-refractivity contribution in [1.29, 1.82) is 0 Å². The van der Waals surface area contributed by atoms with Gasteiger partial charge in [0.15, 0.2) is 0 Å². The van der Waals surface area contributed by atoms with Crippen LogP contribution >= 0.6 is 0 Å². The number of aromatic carboxylic acids is 1. The molecule has 0 heterocycles. The van der Waals surface area contributed by atoms with Gasteiger partial charge in [-0.2, -0.15) is 5.06 Å². The molecule has 1 aromatic rings. The zero-order valence-electron chi connectivity index (χ0n) is 13.8. The van der Waals surface area contributed by atoms with Gasteiger partial charge >= 0.3 is 5.97 Å². The maximum Gasteiger partial charge on any atom is 0.335 e. The van der Waals surface area contributed by atoms with Gasteiger partial charge in [0.2, 0.25) is 0 Å². The van der Waals surface area contributed by atoms with E-state index in [0.29, 0.717) is 18.4 Å². The zero-order valence-corrected chi connectivity index (χ0v) is 13.8. The minimum absolute atomic E-state index is 0.263. The fourth-order valence-electron chi connectivity index (χ4n) is 1.96. The third kappa shape index (κ3) is 6.43. The Morgan fingerprint density at radius 1 is 1.18 bits per heavy atom. The molecule has 0 saturated carbocycles. The summed E-state index contributed by atoms with van der Waals surface area (Å²) in [5.41, 5.74) is 0.263. The molecular formula is C16H26N2O4. The van der Waals surface area contributed by atoms with Crippen LogP contribution in [0.25, 0.3) is 0 Å². The predicted molar refractivity (Wildman–Crippen MR) is 85.2 cm³/mol. The number of ether oxygens (including phenoxy) is 1. The summed E-state index contributed by atoms with van der Waals surface area (Å²) in [5, 5.41) is 10.6. The van der Waals surface area contributed by atoms with Gasteiger partial charge in [-0.3, -0.25) is 4.90 Å². The van der Waals surface area contributed by atoms with E-state index in [1.165, 1.54) is 0 Å². The van der Waals surface area contributed by atoms with Crippen molar-refractivity contribution in [3.05, 3.63) is 29.8 Å². The van der Waals surface area contributed by atoms with Gasteiger partial charge in [0.25, 0.3) is 0 Å². The van der Waals surface area contributed by atoms with Crippen molar-refractivity contribution < 1.29 is 19.5 Å². The van der Waals surface area contributed by atoms with Crippen LogP contribution in [0, 0.1) is 0 Å². The average Bonchev–Trinajstić information content (AvgIpc) is 2.50. The normalized spacial score (nSPS) is 11.4. The first kappa shape index (κ1) is 18.4. The van der Waals surface area contributed by atoms with Crippen LogP contribution in [0.2, 0.25) is 0 Å². The molecule has 0 aliphatic carbocycles. The summed E-state index contributed by atoms with van der Waals surface area (Å²) in [6.45, 7) is 7.37. The molecule has 0 aromatic heterocycles. The Balaban J connectivity index is 2.40. The first-order chi connectivity index (χ1) is 10.4. The Bertz CT molecular complexity index is 448. The molecule has 1 rings (SSSR count). The van der Waals surface area contributed by atoms with Gasteiger partial charge in [0.1, 0.15) is 12.4 Å². The van der Waals surface area contributed by atoms with Crippen molar-refractivity contribution in [3.63, 3.8) is 0 Å². The molecule has 0 radical (unpaired) electrons. The average molecular weight is 310 g/mol. The standard InChI is InChI=1S/C16H26N2O4/c1-13(2)18(10-9-17(3)21-4)11-12-22-15-7-5-14(6-8-15)16(19)20/h5-8,13H,9-12H2,1-4H3,(H,19,20). The number of hydrogen-bond acceptors (Lipinski definition) is 5. The summed E-state index contributed by atoms with van der Waals surface area (Å²) in [7, 11) is 3.56. The first-order valence-corrected chi connectivity index (χ1v) is 7.39. The second-order valence-electron chi connectivity index (χ2n) is 5.34.